The number of sulfonamides is 1. The minimum absolute atomic E-state index is 0.0102. The number of sulfone groups is 1. The zero-order valence-electron chi connectivity index (χ0n) is 12.5. The van der Waals surface area contributed by atoms with Crippen LogP contribution in [0, 0.1) is 0 Å². The van der Waals surface area contributed by atoms with Crippen molar-refractivity contribution < 1.29 is 26.7 Å². The fourth-order valence-electron chi connectivity index (χ4n) is 2.62. The minimum Gasteiger partial charge on any atom is -0.481 e. The van der Waals surface area contributed by atoms with Gasteiger partial charge < -0.3 is 5.11 Å². The molecule has 1 aliphatic heterocycles. The van der Waals surface area contributed by atoms with Crippen LogP contribution in [0.15, 0.2) is 35.2 Å². The predicted molar refractivity (Wildman–Crippen MR) is 84.3 cm³/mol. The summed E-state index contributed by atoms with van der Waals surface area (Å²) >= 11 is 0. The first-order valence-electron chi connectivity index (χ1n) is 7.21. The first-order valence-corrected chi connectivity index (χ1v) is 10.5. The molecule has 0 aromatic heterocycles. The molecule has 0 spiro atoms. The van der Waals surface area contributed by atoms with Crippen molar-refractivity contribution in [3.8, 4) is 0 Å². The smallest absolute Gasteiger partial charge is 0.303 e. The van der Waals surface area contributed by atoms with Crippen molar-refractivity contribution in [3.05, 3.63) is 30.3 Å². The van der Waals surface area contributed by atoms with Crippen molar-refractivity contribution in [1.29, 1.82) is 0 Å². The molecule has 0 radical (unpaired) electrons. The molecule has 128 valence electrons. The highest BCUT2D eigenvalue weighted by atomic mass is 32.2. The van der Waals surface area contributed by atoms with Crippen molar-refractivity contribution >= 4 is 25.8 Å². The van der Waals surface area contributed by atoms with E-state index in [0.29, 0.717) is 0 Å². The molecule has 0 saturated carbocycles. The largest absolute Gasteiger partial charge is 0.481 e. The molecule has 1 saturated heterocycles. The number of nitrogens with zero attached hydrogens (tertiary/aromatic N) is 1. The fraction of sp³-hybridized carbons (Fsp3) is 0.500. The topological polar surface area (TPSA) is 109 Å². The molecule has 9 heteroatoms. The van der Waals surface area contributed by atoms with E-state index < -0.39 is 31.9 Å². The monoisotopic (exact) mass is 361 g/mol. The van der Waals surface area contributed by atoms with Gasteiger partial charge in [0.1, 0.15) is 0 Å². The van der Waals surface area contributed by atoms with Crippen LogP contribution in [0.1, 0.15) is 19.3 Å². The van der Waals surface area contributed by atoms with E-state index in [2.05, 4.69) is 0 Å². The molecule has 23 heavy (non-hydrogen) atoms. The predicted octanol–water partition coefficient (Wildman–Crippen LogP) is 0.729. The van der Waals surface area contributed by atoms with Crippen molar-refractivity contribution in [3.63, 3.8) is 0 Å². The Morgan fingerprint density at radius 1 is 1.26 bits per heavy atom. The third kappa shape index (κ3) is 4.52. The SMILES string of the molecule is O=C(O)CCCN([C@@H]1CCS(=O)(=O)C1)S(=O)(=O)c1ccccc1. The third-order valence-electron chi connectivity index (χ3n) is 3.73. The molecule has 1 atom stereocenters. The zero-order chi connectivity index (χ0) is 17.1. The maximum Gasteiger partial charge on any atom is 0.303 e. The Hall–Kier alpha value is -1.45. The summed E-state index contributed by atoms with van der Waals surface area (Å²) in [6.45, 7) is -0.0102. The molecule has 0 unspecified atom stereocenters. The van der Waals surface area contributed by atoms with Crippen LogP contribution in [-0.4, -0.2) is 56.3 Å². The lowest BCUT2D eigenvalue weighted by Crippen LogP contribution is -2.41. The first kappa shape index (κ1) is 17.9. The van der Waals surface area contributed by atoms with Crippen LogP contribution < -0.4 is 0 Å². The Morgan fingerprint density at radius 3 is 2.43 bits per heavy atom. The number of carboxylic acids is 1. The Kier molecular flexibility index (Phi) is 5.43. The van der Waals surface area contributed by atoms with Crippen LogP contribution in [0.4, 0.5) is 0 Å². The molecule has 0 bridgehead atoms. The van der Waals surface area contributed by atoms with E-state index in [1.54, 1.807) is 18.2 Å². The molecule has 1 aliphatic rings. The maximum atomic E-state index is 12.8. The summed E-state index contributed by atoms with van der Waals surface area (Å²) in [4.78, 5) is 10.7. The molecule has 1 aromatic rings. The second kappa shape index (κ2) is 6.98. The van der Waals surface area contributed by atoms with Gasteiger partial charge in [-0.25, -0.2) is 16.8 Å². The van der Waals surface area contributed by atoms with Crippen LogP contribution in [-0.2, 0) is 24.7 Å². The molecule has 1 N–H and O–H groups in total. The lowest BCUT2D eigenvalue weighted by molar-refractivity contribution is -0.137. The van der Waals surface area contributed by atoms with E-state index in [1.807, 2.05) is 0 Å². The van der Waals surface area contributed by atoms with E-state index in [9.17, 15) is 21.6 Å². The molecule has 0 amide bonds. The van der Waals surface area contributed by atoms with Gasteiger partial charge in [-0.3, -0.25) is 4.79 Å². The van der Waals surface area contributed by atoms with Gasteiger partial charge in [-0.2, -0.15) is 4.31 Å². The van der Waals surface area contributed by atoms with Gasteiger partial charge >= 0.3 is 5.97 Å². The van der Waals surface area contributed by atoms with Gasteiger partial charge in [-0.1, -0.05) is 18.2 Å². The number of rotatable bonds is 7. The highest BCUT2D eigenvalue weighted by molar-refractivity contribution is 7.92. The number of carboxylic acid groups (broad SMARTS) is 1. The van der Waals surface area contributed by atoms with Crippen LogP contribution in [0.3, 0.4) is 0 Å². The molecule has 0 aliphatic carbocycles. The Balaban J connectivity index is 2.27. The normalized spacial score (nSPS) is 20.7. The zero-order valence-corrected chi connectivity index (χ0v) is 14.1. The maximum absolute atomic E-state index is 12.8. The van der Waals surface area contributed by atoms with Gasteiger partial charge in [-0.05, 0) is 25.0 Å². The number of aliphatic carboxylic acids is 1. The number of hydrogen-bond acceptors (Lipinski definition) is 5. The second-order valence-corrected chi connectivity index (χ2v) is 9.60. The van der Waals surface area contributed by atoms with Gasteiger partial charge in [0.05, 0.1) is 16.4 Å². The standard InChI is InChI=1S/C14H19NO6S2/c16-14(17)7-4-9-15(12-8-10-22(18,19)11-12)23(20,21)13-5-2-1-3-6-13/h1-3,5-6,12H,4,7-11H2,(H,16,17)/t12-/m1/s1. The summed E-state index contributed by atoms with van der Waals surface area (Å²) in [6, 6.07) is 7.13. The molecule has 7 nitrogen and oxygen atoms in total. The van der Waals surface area contributed by atoms with Crippen molar-refractivity contribution in [2.24, 2.45) is 0 Å². The number of carbonyl (C=O) groups is 1. The van der Waals surface area contributed by atoms with Crippen LogP contribution >= 0.6 is 0 Å². The van der Waals surface area contributed by atoms with Gasteiger partial charge in [0, 0.05) is 19.0 Å². The highest BCUT2D eigenvalue weighted by Gasteiger charge is 2.38. The quantitative estimate of drug-likeness (QED) is 0.767. The van der Waals surface area contributed by atoms with Gasteiger partial charge in [0.2, 0.25) is 10.0 Å². The summed E-state index contributed by atoms with van der Waals surface area (Å²) in [5.74, 6) is -1.27. The van der Waals surface area contributed by atoms with E-state index in [0.717, 1.165) is 4.31 Å². The third-order valence-corrected chi connectivity index (χ3v) is 7.45. The molecule has 1 fully saturated rings. The van der Waals surface area contributed by atoms with E-state index in [4.69, 9.17) is 5.11 Å². The lowest BCUT2D eigenvalue weighted by atomic mass is 10.2. The van der Waals surface area contributed by atoms with E-state index in [-0.39, 0.29) is 42.2 Å². The molecule has 1 heterocycles. The van der Waals surface area contributed by atoms with E-state index in [1.165, 1.54) is 12.1 Å². The highest BCUT2D eigenvalue weighted by Crippen LogP contribution is 2.25. The van der Waals surface area contributed by atoms with Crippen molar-refractivity contribution in [1.82, 2.24) is 4.31 Å². The van der Waals surface area contributed by atoms with Gasteiger partial charge in [0.25, 0.3) is 0 Å². The van der Waals surface area contributed by atoms with Crippen molar-refractivity contribution in [2.75, 3.05) is 18.1 Å². The van der Waals surface area contributed by atoms with Gasteiger partial charge in [-0.15, -0.1) is 0 Å². The second-order valence-electron chi connectivity index (χ2n) is 5.48. The fourth-order valence-corrected chi connectivity index (χ4v) is 6.15. The average Bonchev–Trinajstić information content (AvgIpc) is 2.84. The minimum atomic E-state index is -3.86. The van der Waals surface area contributed by atoms with Crippen molar-refractivity contribution in [2.45, 2.75) is 30.2 Å². The van der Waals surface area contributed by atoms with Crippen LogP contribution in [0.25, 0.3) is 0 Å². The Morgan fingerprint density at radius 2 is 1.91 bits per heavy atom. The number of hydrogen-bond donors (Lipinski definition) is 1. The van der Waals surface area contributed by atoms with Crippen LogP contribution in [0.2, 0.25) is 0 Å². The summed E-state index contributed by atoms with van der Waals surface area (Å²) in [6.07, 6.45) is 0.208. The summed E-state index contributed by atoms with van der Waals surface area (Å²) < 4.78 is 50.1. The van der Waals surface area contributed by atoms with Gasteiger partial charge in [0.15, 0.2) is 9.84 Å². The Labute approximate surface area is 135 Å². The summed E-state index contributed by atoms with van der Waals surface area (Å²) in [5.41, 5.74) is 0. The molecular formula is C14H19NO6S2. The molecule has 1 aromatic carbocycles. The van der Waals surface area contributed by atoms with Crippen LogP contribution in [0.5, 0.6) is 0 Å². The molecule has 2 rings (SSSR count). The Bertz CT molecular complexity index is 758. The molecular weight excluding hydrogens is 342 g/mol. The lowest BCUT2D eigenvalue weighted by Gasteiger charge is -2.27. The van der Waals surface area contributed by atoms with E-state index >= 15 is 0 Å². The average molecular weight is 361 g/mol. The first-order chi connectivity index (χ1) is 10.7. The summed E-state index contributed by atoms with van der Waals surface area (Å²) in [7, 11) is -7.10. The summed E-state index contributed by atoms with van der Waals surface area (Å²) in [5, 5.41) is 8.73. The number of benzene rings is 1.